The second-order valence-electron chi connectivity index (χ2n) is 7.03. The van der Waals surface area contributed by atoms with Gasteiger partial charge in [-0.05, 0) is 54.4 Å². The predicted molar refractivity (Wildman–Crippen MR) is 117 cm³/mol. The Bertz CT molecular complexity index is 1210. The van der Waals surface area contributed by atoms with Gasteiger partial charge in [-0.2, -0.15) is 0 Å². The number of hydrogen-bond donors (Lipinski definition) is 2. The monoisotopic (exact) mass is 405 g/mol. The largest absolute Gasteiger partial charge is 0.346 e. The number of pyridine rings is 1. The Morgan fingerprint density at radius 1 is 1.10 bits per heavy atom. The van der Waals surface area contributed by atoms with Gasteiger partial charge < -0.3 is 14.9 Å². The van der Waals surface area contributed by atoms with Gasteiger partial charge in [0.25, 0.3) is 0 Å². The molecule has 146 valence electrons. The van der Waals surface area contributed by atoms with Crippen LogP contribution in [0.25, 0.3) is 10.9 Å². The summed E-state index contributed by atoms with van der Waals surface area (Å²) in [5.74, 6) is -0.118. The van der Waals surface area contributed by atoms with Crippen molar-refractivity contribution < 1.29 is 4.79 Å². The molecular formula is C23H20ClN3O2. The predicted octanol–water partition coefficient (Wildman–Crippen LogP) is 4.91. The number of rotatable bonds is 5. The summed E-state index contributed by atoms with van der Waals surface area (Å²) >= 11 is 6.01. The van der Waals surface area contributed by atoms with Crippen LogP contribution in [-0.4, -0.2) is 15.5 Å². The molecule has 6 heteroatoms. The van der Waals surface area contributed by atoms with E-state index in [9.17, 15) is 9.59 Å². The Hall–Kier alpha value is -3.31. The molecule has 2 N–H and O–H groups in total. The molecule has 0 bridgehead atoms. The second kappa shape index (κ2) is 7.97. The Morgan fingerprint density at radius 2 is 1.83 bits per heavy atom. The first-order chi connectivity index (χ1) is 14.0. The summed E-state index contributed by atoms with van der Waals surface area (Å²) in [5.41, 5.74) is 3.09. The lowest BCUT2D eigenvalue weighted by Crippen LogP contribution is -2.19. The topological polar surface area (TPSA) is 66.9 Å². The van der Waals surface area contributed by atoms with Gasteiger partial charge in [0.1, 0.15) is 0 Å². The maximum atomic E-state index is 12.8. The molecule has 0 aliphatic carbocycles. The van der Waals surface area contributed by atoms with Gasteiger partial charge in [-0.25, -0.2) is 0 Å². The van der Waals surface area contributed by atoms with Crippen LogP contribution in [0, 0.1) is 6.92 Å². The van der Waals surface area contributed by atoms with Crippen LogP contribution in [0.5, 0.6) is 0 Å². The molecule has 0 aliphatic rings. The number of nitrogens with zero attached hydrogens (tertiary/aromatic N) is 1. The van der Waals surface area contributed by atoms with Crippen LogP contribution < -0.4 is 10.9 Å². The van der Waals surface area contributed by atoms with Crippen molar-refractivity contribution in [3.05, 3.63) is 99.6 Å². The smallest absolute Gasteiger partial charge is 0.248 e. The molecule has 5 nitrogen and oxygen atoms in total. The van der Waals surface area contributed by atoms with Crippen molar-refractivity contribution in [2.24, 2.45) is 0 Å². The van der Waals surface area contributed by atoms with Gasteiger partial charge in [0, 0.05) is 34.6 Å². The lowest BCUT2D eigenvalue weighted by molar-refractivity contribution is -0.116. The summed E-state index contributed by atoms with van der Waals surface area (Å²) in [6.45, 7) is 1.89. The van der Waals surface area contributed by atoms with E-state index < -0.39 is 0 Å². The van der Waals surface area contributed by atoms with Crippen LogP contribution >= 0.6 is 11.6 Å². The van der Waals surface area contributed by atoms with Crippen molar-refractivity contribution in [3.63, 3.8) is 0 Å². The molecular weight excluding hydrogens is 386 g/mol. The minimum absolute atomic E-state index is 0.118. The molecule has 1 atom stereocenters. The van der Waals surface area contributed by atoms with Crippen LogP contribution in [0.1, 0.15) is 23.6 Å². The number of carbonyl (C=O) groups excluding carboxylic acids is 1. The molecule has 4 aromatic rings. The molecule has 0 saturated carbocycles. The summed E-state index contributed by atoms with van der Waals surface area (Å²) < 4.78 is 2.00. The molecule has 2 aromatic heterocycles. The molecule has 1 amide bonds. The van der Waals surface area contributed by atoms with Gasteiger partial charge in [0.2, 0.25) is 11.5 Å². The number of hydrogen-bond acceptors (Lipinski definition) is 2. The third-order valence-electron chi connectivity index (χ3n) is 4.95. The number of aromatic nitrogens is 2. The molecule has 0 unspecified atom stereocenters. The molecule has 0 radical (unpaired) electrons. The van der Waals surface area contributed by atoms with Crippen molar-refractivity contribution in [1.82, 2.24) is 9.55 Å². The van der Waals surface area contributed by atoms with E-state index in [0.717, 1.165) is 16.5 Å². The van der Waals surface area contributed by atoms with Crippen molar-refractivity contribution in [2.45, 2.75) is 19.4 Å². The quantitative estimate of drug-likeness (QED) is 0.495. The van der Waals surface area contributed by atoms with Crippen LogP contribution in [-0.2, 0) is 4.79 Å². The number of benzene rings is 2. The Balaban J connectivity index is 1.57. The molecule has 0 saturated heterocycles. The first-order valence-electron chi connectivity index (χ1n) is 9.31. The fourth-order valence-electron chi connectivity index (χ4n) is 3.54. The fraction of sp³-hybridized carbons (Fsp3) is 0.130. The number of halogens is 1. The van der Waals surface area contributed by atoms with Crippen LogP contribution in [0.4, 0.5) is 5.69 Å². The lowest BCUT2D eigenvalue weighted by Gasteiger charge is -2.19. The highest BCUT2D eigenvalue weighted by Crippen LogP contribution is 2.25. The van der Waals surface area contributed by atoms with Crippen molar-refractivity contribution in [1.29, 1.82) is 0 Å². The van der Waals surface area contributed by atoms with Gasteiger partial charge in [-0.1, -0.05) is 29.8 Å². The normalized spacial score (nSPS) is 12.1. The minimum atomic E-state index is -0.158. The van der Waals surface area contributed by atoms with E-state index >= 15 is 0 Å². The second-order valence-corrected chi connectivity index (χ2v) is 7.46. The highest BCUT2D eigenvalue weighted by molar-refractivity contribution is 6.30. The van der Waals surface area contributed by atoms with Crippen LogP contribution in [0.15, 0.2) is 77.9 Å². The SMILES string of the molecule is Cc1cc(=O)[nH]c2cc(NC(=O)C[C@@H](c3ccc(Cl)cc3)n3cccc3)ccc12. The summed E-state index contributed by atoms with van der Waals surface area (Å²) in [6, 6.07) is 18.3. The summed E-state index contributed by atoms with van der Waals surface area (Å²) in [4.78, 5) is 27.4. The molecule has 0 spiro atoms. The van der Waals surface area contributed by atoms with Gasteiger partial charge in [0.15, 0.2) is 0 Å². The summed E-state index contributed by atoms with van der Waals surface area (Å²) in [5, 5.41) is 4.56. The standard InChI is InChI=1S/C23H20ClN3O2/c1-15-12-22(28)26-20-13-18(8-9-19(15)20)25-23(29)14-21(27-10-2-3-11-27)16-4-6-17(24)7-5-16/h2-13,21H,14H2,1H3,(H,25,29)(H,26,28)/t21-/m0/s1. The van der Waals surface area contributed by atoms with Crippen LogP contribution in [0.2, 0.25) is 5.02 Å². The van der Waals surface area contributed by atoms with E-state index in [4.69, 9.17) is 11.6 Å². The Labute approximate surface area is 173 Å². The van der Waals surface area contributed by atoms with E-state index in [1.54, 1.807) is 12.1 Å². The van der Waals surface area contributed by atoms with Gasteiger partial charge in [-0.3, -0.25) is 9.59 Å². The number of amides is 1. The molecule has 2 heterocycles. The number of nitrogens with one attached hydrogen (secondary N) is 2. The number of aromatic amines is 1. The molecule has 4 rings (SSSR count). The van der Waals surface area contributed by atoms with Gasteiger partial charge in [0.05, 0.1) is 18.0 Å². The highest BCUT2D eigenvalue weighted by atomic mass is 35.5. The van der Waals surface area contributed by atoms with Gasteiger partial charge in [-0.15, -0.1) is 0 Å². The van der Waals surface area contributed by atoms with E-state index in [0.29, 0.717) is 16.2 Å². The average molecular weight is 406 g/mol. The zero-order valence-electron chi connectivity index (χ0n) is 15.9. The third kappa shape index (κ3) is 4.25. The van der Waals surface area contributed by atoms with E-state index in [1.807, 2.05) is 72.4 Å². The minimum Gasteiger partial charge on any atom is -0.346 e. The fourth-order valence-corrected chi connectivity index (χ4v) is 3.66. The number of H-pyrrole nitrogens is 1. The average Bonchev–Trinajstić information content (AvgIpc) is 3.21. The number of anilines is 1. The number of aryl methyl sites for hydroxylation is 1. The van der Waals surface area contributed by atoms with E-state index in [1.165, 1.54) is 0 Å². The number of fused-ring (bicyclic) bond motifs is 1. The zero-order chi connectivity index (χ0) is 20.4. The van der Waals surface area contributed by atoms with E-state index in [-0.39, 0.29) is 23.9 Å². The third-order valence-corrected chi connectivity index (χ3v) is 5.21. The molecule has 2 aromatic carbocycles. The first kappa shape index (κ1) is 19.0. The Kier molecular flexibility index (Phi) is 5.23. The Morgan fingerprint density at radius 3 is 2.55 bits per heavy atom. The van der Waals surface area contributed by atoms with Crippen LogP contribution in [0.3, 0.4) is 0 Å². The maximum absolute atomic E-state index is 12.8. The van der Waals surface area contributed by atoms with Crippen molar-refractivity contribution >= 4 is 34.1 Å². The molecule has 0 fully saturated rings. The highest BCUT2D eigenvalue weighted by Gasteiger charge is 2.18. The summed E-state index contributed by atoms with van der Waals surface area (Å²) in [7, 11) is 0. The lowest BCUT2D eigenvalue weighted by atomic mass is 10.0. The zero-order valence-corrected chi connectivity index (χ0v) is 16.6. The molecule has 0 aliphatic heterocycles. The maximum Gasteiger partial charge on any atom is 0.248 e. The summed E-state index contributed by atoms with van der Waals surface area (Å²) in [6.07, 6.45) is 4.14. The number of carbonyl (C=O) groups is 1. The van der Waals surface area contributed by atoms with E-state index in [2.05, 4.69) is 10.3 Å². The van der Waals surface area contributed by atoms with Gasteiger partial charge >= 0.3 is 0 Å². The first-order valence-corrected chi connectivity index (χ1v) is 9.69. The molecule has 29 heavy (non-hydrogen) atoms. The van der Waals surface area contributed by atoms with Crippen molar-refractivity contribution in [2.75, 3.05) is 5.32 Å². The van der Waals surface area contributed by atoms with Crippen molar-refractivity contribution in [3.8, 4) is 0 Å².